The summed E-state index contributed by atoms with van der Waals surface area (Å²) in [6.45, 7) is 0.388. The Morgan fingerprint density at radius 2 is 2.19 bits per heavy atom. The summed E-state index contributed by atoms with van der Waals surface area (Å²) >= 11 is 10.6. The number of methoxy groups -OCH3 is 1. The number of ether oxygens (including phenoxy) is 1. The molecule has 26 heavy (non-hydrogen) atoms. The van der Waals surface area contributed by atoms with Crippen molar-refractivity contribution in [3.8, 4) is 5.88 Å². The quantitative estimate of drug-likeness (QED) is 0.674. The van der Waals surface area contributed by atoms with E-state index in [0.717, 1.165) is 11.3 Å². The Bertz CT molecular complexity index is 865. The minimum atomic E-state index is -1.80. The molecule has 0 spiro atoms. The van der Waals surface area contributed by atoms with E-state index in [1.807, 2.05) is 0 Å². The fourth-order valence-electron chi connectivity index (χ4n) is 2.65. The van der Waals surface area contributed by atoms with Gasteiger partial charge in [0, 0.05) is 6.54 Å². The predicted octanol–water partition coefficient (Wildman–Crippen LogP) is 1.44. The minimum Gasteiger partial charge on any atom is -0.480 e. The van der Waals surface area contributed by atoms with Crippen molar-refractivity contribution in [3.63, 3.8) is 0 Å². The summed E-state index contributed by atoms with van der Waals surface area (Å²) in [7, 11) is 19.2. The monoisotopic (exact) mass is 447 g/mol. The maximum absolute atomic E-state index is 12.4. The van der Waals surface area contributed by atoms with Crippen LogP contribution in [0.25, 0.3) is 0 Å². The number of nitrogens with zero attached hydrogens (tertiary/aromatic N) is 3. The van der Waals surface area contributed by atoms with Gasteiger partial charge in [0.25, 0.3) is 0 Å². The number of carbonyl (C=O) groups excluding carboxylic acids is 1. The van der Waals surface area contributed by atoms with Crippen molar-refractivity contribution in [2.75, 3.05) is 19.0 Å². The van der Waals surface area contributed by atoms with Crippen LogP contribution in [0, 0.1) is 0 Å². The maximum Gasteiger partial charge on any atom is 0.232 e. The van der Waals surface area contributed by atoms with Crippen LogP contribution in [0.1, 0.15) is 11.4 Å². The highest BCUT2D eigenvalue weighted by molar-refractivity contribution is 9.10. The topological polar surface area (TPSA) is 89.0 Å². The van der Waals surface area contributed by atoms with Crippen LogP contribution in [0.15, 0.2) is 10.7 Å². The Hall–Kier alpha value is -1.26. The number of nitrogens with one attached hydrogen (secondary N) is 2. The summed E-state index contributed by atoms with van der Waals surface area (Å²) in [6, 6.07) is 0. The molecule has 0 unspecified atom stereocenters. The van der Waals surface area contributed by atoms with Crippen LogP contribution in [-0.2, 0) is 10.2 Å². The van der Waals surface area contributed by atoms with E-state index in [2.05, 4.69) is 41.5 Å². The average molecular weight is 448 g/mol. The van der Waals surface area contributed by atoms with Gasteiger partial charge in [-0.2, -0.15) is 4.98 Å². The molecule has 2 N–H and O–H groups in total. The lowest BCUT2D eigenvalue weighted by Gasteiger charge is -2.39. The molecular weight excluding hydrogens is 438 g/mol. The molecule has 1 saturated heterocycles. The summed E-state index contributed by atoms with van der Waals surface area (Å²) < 4.78 is 5.73. The van der Waals surface area contributed by atoms with Crippen LogP contribution in [0.2, 0.25) is 10.3 Å². The first-order chi connectivity index (χ1) is 12.2. The van der Waals surface area contributed by atoms with E-state index in [-0.39, 0.29) is 17.0 Å². The third-order valence-electron chi connectivity index (χ3n) is 3.99. The number of aromatic nitrogens is 3. The van der Waals surface area contributed by atoms with Gasteiger partial charge in [0.15, 0.2) is 5.15 Å². The summed E-state index contributed by atoms with van der Waals surface area (Å²) in [6.07, 6.45) is 1.84. The highest BCUT2D eigenvalue weighted by Gasteiger charge is 2.53. The second kappa shape index (κ2) is 7.05. The zero-order valence-electron chi connectivity index (χ0n) is 13.5. The Balaban J connectivity index is 1.98. The Labute approximate surface area is 171 Å². The molecule has 0 aromatic carbocycles. The largest absolute Gasteiger partial charge is 0.480 e. The van der Waals surface area contributed by atoms with Crippen LogP contribution in [-0.4, -0.2) is 58.1 Å². The summed E-state index contributed by atoms with van der Waals surface area (Å²) in [4.78, 5) is 25.0. The van der Waals surface area contributed by atoms with E-state index in [1.165, 1.54) is 13.3 Å². The normalized spacial score (nSPS) is 20.0. The van der Waals surface area contributed by atoms with Gasteiger partial charge in [0.2, 0.25) is 17.7 Å². The van der Waals surface area contributed by atoms with Gasteiger partial charge in [-0.1, -0.05) is 22.9 Å². The van der Waals surface area contributed by atoms with Crippen molar-refractivity contribution >= 4 is 79.3 Å². The fourth-order valence-corrected chi connectivity index (χ4v) is 4.45. The molecular formula is C13H10B3BrClN5O2S. The standard InChI is InChI=1S/C13H10B3BrClN5O2S/c1-25-7-5(17)4-20-11(22-7)23-8-6(18)21-10(26-8)12(13(14,15)16)2-3-19-9(12)24/h4H,2-3H2,1H3,(H,19,24)(H,20,22,23)/t12-/m0/s1. The van der Waals surface area contributed by atoms with Gasteiger partial charge in [0.1, 0.15) is 10.0 Å². The van der Waals surface area contributed by atoms with E-state index in [9.17, 15) is 4.79 Å². The van der Waals surface area contributed by atoms with Crippen molar-refractivity contribution < 1.29 is 9.53 Å². The zero-order chi connectivity index (χ0) is 19.1. The molecule has 1 fully saturated rings. The number of amides is 1. The summed E-state index contributed by atoms with van der Waals surface area (Å²) in [5.74, 6) is 0.204. The fraction of sp³-hybridized carbons (Fsp3) is 0.385. The van der Waals surface area contributed by atoms with Gasteiger partial charge in [-0.15, -0.1) is 5.11 Å². The SMILES string of the molecule is [B]C([B])([B])[C@@]1(c2nc(Cl)c(Nc3ncc(Br)c(OC)n3)s2)CCNC1=O. The molecule has 1 aliphatic rings. The molecule has 1 atom stereocenters. The van der Waals surface area contributed by atoms with Gasteiger partial charge >= 0.3 is 0 Å². The number of halogens is 2. The third kappa shape index (κ3) is 3.23. The van der Waals surface area contributed by atoms with Crippen molar-refractivity contribution in [2.24, 2.45) is 0 Å². The summed E-state index contributed by atoms with van der Waals surface area (Å²) in [5, 5.41) is 4.70. The van der Waals surface area contributed by atoms with Crippen molar-refractivity contribution in [1.82, 2.24) is 20.3 Å². The molecule has 0 bridgehead atoms. The van der Waals surface area contributed by atoms with Crippen LogP contribution in [0.4, 0.5) is 10.9 Å². The van der Waals surface area contributed by atoms with Crippen molar-refractivity contribution in [2.45, 2.75) is 16.9 Å². The molecule has 13 heteroatoms. The number of hydrogen-bond acceptors (Lipinski definition) is 7. The molecule has 2 aromatic heterocycles. The van der Waals surface area contributed by atoms with Crippen LogP contribution < -0.4 is 15.4 Å². The van der Waals surface area contributed by atoms with Crippen molar-refractivity contribution in [1.29, 1.82) is 0 Å². The lowest BCUT2D eigenvalue weighted by atomic mass is 9.32. The highest BCUT2D eigenvalue weighted by Crippen LogP contribution is 2.49. The second-order valence-corrected chi connectivity index (χ2v) is 7.87. The molecule has 3 heterocycles. The van der Waals surface area contributed by atoms with Gasteiger partial charge in [0.05, 0.1) is 46.7 Å². The minimum absolute atomic E-state index is 0.124. The molecule has 1 aliphatic heterocycles. The molecule has 0 aliphatic carbocycles. The number of anilines is 2. The first kappa shape index (κ1) is 19.5. The van der Waals surface area contributed by atoms with E-state index >= 15 is 0 Å². The van der Waals surface area contributed by atoms with Gasteiger partial charge < -0.3 is 15.4 Å². The molecule has 6 radical (unpaired) electrons. The van der Waals surface area contributed by atoms with Crippen LogP contribution >= 0.6 is 38.9 Å². The number of thiazole rings is 1. The maximum atomic E-state index is 12.4. The van der Waals surface area contributed by atoms with Crippen LogP contribution in [0.3, 0.4) is 0 Å². The molecule has 3 rings (SSSR count). The first-order valence-electron chi connectivity index (χ1n) is 7.34. The Kier molecular flexibility index (Phi) is 5.29. The predicted molar refractivity (Wildman–Crippen MR) is 106 cm³/mol. The lowest BCUT2D eigenvalue weighted by molar-refractivity contribution is -0.123. The van der Waals surface area contributed by atoms with E-state index in [1.54, 1.807) is 0 Å². The van der Waals surface area contributed by atoms with E-state index < -0.39 is 10.5 Å². The Morgan fingerprint density at radius 3 is 2.77 bits per heavy atom. The van der Waals surface area contributed by atoms with E-state index in [0.29, 0.717) is 33.3 Å². The average Bonchev–Trinajstić information content (AvgIpc) is 3.12. The van der Waals surface area contributed by atoms with Gasteiger partial charge in [-0.25, -0.2) is 9.97 Å². The van der Waals surface area contributed by atoms with Gasteiger partial charge in [-0.05, 0) is 22.4 Å². The van der Waals surface area contributed by atoms with Gasteiger partial charge in [-0.3, -0.25) is 4.79 Å². The van der Waals surface area contributed by atoms with Crippen LogP contribution in [0.5, 0.6) is 5.88 Å². The number of carbonyl (C=O) groups is 1. The van der Waals surface area contributed by atoms with Crippen molar-refractivity contribution in [3.05, 3.63) is 20.8 Å². The Morgan fingerprint density at radius 1 is 1.46 bits per heavy atom. The highest BCUT2D eigenvalue weighted by atomic mass is 79.9. The number of rotatable bonds is 5. The molecule has 0 saturated carbocycles. The van der Waals surface area contributed by atoms with E-state index in [4.69, 9.17) is 39.9 Å². The smallest absolute Gasteiger partial charge is 0.232 e. The first-order valence-corrected chi connectivity index (χ1v) is 9.33. The molecule has 2 aromatic rings. The third-order valence-corrected chi connectivity index (χ3v) is 6.06. The second-order valence-electron chi connectivity index (χ2n) is 5.66. The zero-order valence-corrected chi connectivity index (χ0v) is 16.7. The molecule has 1 amide bonds. The molecule has 7 nitrogen and oxygen atoms in total. The summed E-state index contributed by atoms with van der Waals surface area (Å²) in [5.41, 5.74) is -1.38. The number of hydrogen-bond donors (Lipinski definition) is 2. The molecule has 128 valence electrons. The lowest BCUT2D eigenvalue weighted by Crippen LogP contribution is -2.47.